The molecule has 1 aliphatic carbocycles. The Bertz CT molecular complexity index is 455. The van der Waals surface area contributed by atoms with Crippen LogP contribution in [0.15, 0.2) is 24.3 Å². The van der Waals surface area contributed by atoms with Gasteiger partial charge in [-0.25, -0.2) is 0 Å². The third-order valence-corrected chi connectivity index (χ3v) is 3.82. The second kappa shape index (κ2) is 5.61. The summed E-state index contributed by atoms with van der Waals surface area (Å²) in [6.07, 6.45) is 2.59. The number of hydrogen-bond acceptors (Lipinski definition) is 3. The predicted molar refractivity (Wildman–Crippen MR) is 75.0 cm³/mol. The number of nitrogens with one attached hydrogen (secondary N) is 1. The van der Waals surface area contributed by atoms with Crippen molar-refractivity contribution >= 4 is 5.91 Å². The zero-order valence-electron chi connectivity index (χ0n) is 11.6. The van der Waals surface area contributed by atoms with Gasteiger partial charge < -0.3 is 15.8 Å². The van der Waals surface area contributed by atoms with Crippen LogP contribution >= 0.6 is 0 Å². The molecule has 0 spiro atoms. The highest BCUT2D eigenvalue weighted by molar-refractivity contribution is 5.85. The van der Waals surface area contributed by atoms with Gasteiger partial charge in [-0.3, -0.25) is 4.79 Å². The Morgan fingerprint density at radius 1 is 1.47 bits per heavy atom. The van der Waals surface area contributed by atoms with Crippen molar-refractivity contribution in [3.05, 3.63) is 29.8 Å². The van der Waals surface area contributed by atoms with E-state index in [1.165, 1.54) is 0 Å². The monoisotopic (exact) mass is 262 g/mol. The summed E-state index contributed by atoms with van der Waals surface area (Å²) in [7, 11) is 1.66. The van der Waals surface area contributed by atoms with Crippen LogP contribution in [-0.4, -0.2) is 25.6 Å². The topological polar surface area (TPSA) is 64.3 Å². The largest absolute Gasteiger partial charge is 0.496 e. The second-order valence-electron chi connectivity index (χ2n) is 5.37. The molecule has 4 nitrogen and oxygen atoms in total. The van der Waals surface area contributed by atoms with Crippen LogP contribution in [0.3, 0.4) is 0 Å². The van der Waals surface area contributed by atoms with E-state index < -0.39 is 0 Å². The van der Waals surface area contributed by atoms with Gasteiger partial charge in [0.15, 0.2) is 0 Å². The van der Waals surface area contributed by atoms with Crippen molar-refractivity contribution in [1.82, 2.24) is 5.32 Å². The Balaban J connectivity index is 1.94. The van der Waals surface area contributed by atoms with Crippen LogP contribution in [0.1, 0.15) is 25.3 Å². The number of amides is 1. The number of para-hydroxylation sites is 1. The van der Waals surface area contributed by atoms with Gasteiger partial charge in [-0.05, 0) is 37.8 Å². The summed E-state index contributed by atoms with van der Waals surface area (Å²) in [6, 6.07) is 7.96. The van der Waals surface area contributed by atoms with Crippen LogP contribution < -0.4 is 15.8 Å². The van der Waals surface area contributed by atoms with Crippen LogP contribution in [-0.2, 0) is 11.2 Å². The van der Waals surface area contributed by atoms with Crippen molar-refractivity contribution in [2.24, 2.45) is 11.1 Å². The number of ether oxygens (including phenoxy) is 1. The molecular formula is C15H22N2O2. The number of carbonyl (C=O) groups is 1. The van der Waals surface area contributed by atoms with Gasteiger partial charge in [0.2, 0.25) is 5.91 Å². The lowest BCUT2D eigenvalue weighted by Gasteiger charge is -2.19. The van der Waals surface area contributed by atoms with Gasteiger partial charge in [-0.1, -0.05) is 18.2 Å². The Morgan fingerprint density at radius 3 is 2.74 bits per heavy atom. The molecule has 3 N–H and O–H groups in total. The van der Waals surface area contributed by atoms with E-state index in [-0.39, 0.29) is 17.4 Å². The standard InChI is InChI=1S/C15H22N2O2/c1-11(17-14(18)15(10-16)7-8-15)9-12-5-3-4-6-13(12)19-2/h3-6,11H,7-10,16H2,1-2H3,(H,17,18). The van der Waals surface area contributed by atoms with Crippen LogP contribution in [0.4, 0.5) is 0 Å². The van der Waals surface area contributed by atoms with Gasteiger partial charge in [0.05, 0.1) is 12.5 Å². The number of rotatable bonds is 6. The lowest BCUT2D eigenvalue weighted by molar-refractivity contribution is -0.126. The molecule has 4 heteroatoms. The molecule has 0 bridgehead atoms. The SMILES string of the molecule is COc1ccccc1CC(C)NC(=O)C1(CN)CC1. The van der Waals surface area contributed by atoms with Crippen molar-refractivity contribution in [2.75, 3.05) is 13.7 Å². The first-order chi connectivity index (χ1) is 9.11. The second-order valence-corrected chi connectivity index (χ2v) is 5.37. The van der Waals surface area contributed by atoms with Gasteiger partial charge in [-0.2, -0.15) is 0 Å². The van der Waals surface area contributed by atoms with Crippen LogP contribution in [0.2, 0.25) is 0 Å². The number of methoxy groups -OCH3 is 1. The Hall–Kier alpha value is -1.55. The number of benzene rings is 1. The molecule has 0 heterocycles. The van der Waals surface area contributed by atoms with Gasteiger partial charge in [-0.15, -0.1) is 0 Å². The average molecular weight is 262 g/mol. The molecule has 1 aliphatic rings. The Labute approximate surface area is 114 Å². The van der Waals surface area contributed by atoms with E-state index in [1.807, 2.05) is 31.2 Å². The first kappa shape index (κ1) is 13.9. The molecule has 0 radical (unpaired) electrons. The summed E-state index contributed by atoms with van der Waals surface area (Å²) in [5.74, 6) is 0.959. The summed E-state index contributed by atoms with van der Waals surface area (Å²) in [5.41, 5.74) is 6.49. The van der Waals surface area contributed by atoms with E-state index in [2.05, 4.69) is 5.32 Å². The molecule has 1 unspecified atom stereocenters. The van der Waals surface area contributed by atoms with Crippen LogP contribution in [0.5, 0.6) is 5.75 Å². The normalized spacial score (nSPS) is 17.6. The first-order valence-electron chi connectivity index (χ1n) is 6.74. The highest BCUT2D eigenvalue weighted by atomic mass is 16.5. The third kappa shape index (κ3) is 3.07. The number of carbonyl (C=O) groups excluding carboxylic acids is 1. The molecule has 1 aromatic carbocycles. The molecule has 0 aromatic heterocycles. The van der Waals surface area contributed by atoms with Crippen molar-refractivity contribution in [3.8, 4) is 5.75 Å². The summed E-state index contributed by atoms with van der Waals surface area (Å²) in [4.78, 5) is 12.1. The number of nitrogens with two attached hydrogens (primary N) is 1. The molecule has 19 heavy (non-hydrogen) atoms. The fourth-order valence-corrected chi connectivity index (χ4v) is 2.30. The maximum Gasteiger partial charge on any atom is 0.227 e. The molecule has 104 valence electrons. The van der Waals surface area contributed by atoms with E-state index in [0.29, 0.717) is 6.54 Å². The lowest BCUT2D eigenvalue weighted by atomic mass is 10.0. The minimum absolute atomic E-state index is 0.0767. The molecule has 1 atom stereocenters. The van der Waals surface area contributed by atoms with Gasteiger partial charge in [0, 0.05) is 12.6 Å². The van der Waals surface area contributed by atoms with Crippen LogP contribution in [0.25, 0.3) is 0 Å². The molecule has 1 amide bonds. The van der Waals surface area contributed by atoms with Crippen LogP contribution in [0, 0.1) is 5.41 Å². The molecule has 0 aliphatic heterocycles. The summed E-state index contributed by atoms with van der Waals surface area (Å²) in [6.45, 7) is 2.46. The van der Waals surface area contributed by atoms with E-state index in [9.17, 15) is 4.79 Å². The maximum absolute atomic E-state index is 12.1. The molecule has 1 fully saturated rings. The smallest absolute Gasteiger partial charge is 0.227 e. The van der Waals surface area contributed by atoms with Gasteiger partial charge in [0.25, 0.3) is 0 Å². The maximum atomic E-state index is 12.1. The van der Waals surface area contributed by atoms with Crippen molar-refractivity contribution < 1.29 is 9.53 Å². The molecular weight excluding hydrogens is 240 g/mol. The zero-order chi connectivity index (χ0) is 13.9. The van der Waals surface area contributed by atoms with E-state index in [1.54, 1.807) is 7.11 Å². The minimum Gasteiger partial charge on any atom is -0.496 e. The summed E-state index contributed by atoms with van der Waals surface area (Å²) in [5, 5.41) is 3.06. The minimum atomic E-state index is -0.283. The Kier molecular flexibility index (Phi) is 4.10. The van der Waals surface area contributed by atoms with Crippen molar-refractivity contribution in [1.29, 1.82) is 0 Å². The summed E-state index contributed by atoms with van der Waals surface area (Å²) < 4.78 is 5.32. The fraction of sp³-hybridized carbons (Fsp3) is 0.533. The van der Waals surface area contributed by atoms with Gasteiger partial charge in [0.1, 0.15) is 5.75 Å². The highest BCUT2D eigenvalue weighted by Crippen LogP contribution is 2.44. The average Bonchev–Trinajstić information content (AvgIpc) is 3.20. The molecule has 2 rings (SSSR count). The fourth-order valence-electron chi connectivity index (χ4n) is 2.30. The quantitative estimate of drug-likeness (QED) is 0.816. The van der Waals surface area contributed by atoms with E-state index in [4.69, 9.17) is 10.5 Å². The summed E-state index contributed by atoms with van der Waals surface area (Å²) >= 11 is 0. The van der Waals surface area contributed by atoms with E-state index in [0.717, 1.165) is 30.6 Å². The van der Waals surface area contributed by atoms with Gasteiger partial charge >= 0.3 is 0 Å². The highest BCUT2D eigenvalue weighted by Gasteiger charge is 2.48. The third-order valence-electron chi connectivity index (χ3n) is 3.82. The predicted octanol–water partition coefficient (Wildman–Crippen LogP) is 1.48. The Morgan fingerprint density at radius 2 is 2.16 bits per heavy atom. The lowest BCUT2D eigenvalue weighted by Crippen LogP contribution is -2.42. The van der Waals surface area contributed by atoms with Crippen molar-refractivity contribution in [3.63, 3.8) is 0 Å². The first-order valence-corrected chi connectivity index (χ1v) is 6.74. The van der Waals surface area contributed by atoms with E-state index >= 15 is 0 Å². The molecule has 1 aromatic rings. The molecule has 0 saturated heterocycles. The number of hydrogen-bond donors (Lipinski definition) is 2. The molecule has 1 saturated carbocycles. The zero-order valence-corrected chi connectivity index (χ0v) is 11.6. The van der Waals surface area contributed by atoms with Crippen molar-refractivity contribution in [2.45, 2.75) is 32.2 Å².